The van der Waals surface area contributed by atoms with Crippen molar-refractivity contribution in [3.05, 3.63) is 22.1 Å². The molecule has 82 valence electrons. The summed E-state index contributed by atoms with van der Waals surface area (Å²) in [4.78, 5) is 28.8. The molecule has 1 N–H and O–H groups in total. The summed E-state index contributed by atoms with van der Waals surface area (Å²) in [7, 11) is 1.47. The van der Waals surface area contributed by atoms with Crippen LogP contribution in [0.2, 0.25) is 0 Å². The number of aromatic nitrogens is 2. The molecule has 1 aromatic rings. The van der Waals surface area contributed by atoms with Crippen LogP contribution in [0.1, 0.15) is 5.69 Å². The van der Waals surface area contributed by atoms with Crippen LogP contribution >= 0.6 is 11.8 Å². The quantitative estimate of drug-likeness (QED) is 0.583. The second-order valence-electron chi connectivity index (χ2n) is 2.95. The van der Waals surface area contributed by atoms with Gasteiger partial charge < -0.3 is 9.72 Å². The van der Waals surface area contributed by atoms with E-state index in [9.17, 15) is 9.59 Å². The lowest BCUT2D eigenvalue weighted by atomic mass is 10.5. The number of H-pyrrole nitrogens is 1. The number of ether oxygens (including phenoxy) is 1. The van der Waals surface area contributed by atoms with Gasteiger partial charge in [0, 0.05) is 18.9 Å². The fourth-order valence-electron chi connectivity index (χ4n) is 0.971. The molecule has 0 spiro atoms. The van der Waals surface area contributed by atoms with E-state index in [0.717, 1.165) is 0 Å². The van der Waals surface area contributed by atoms with Gasteiger partial charge in [0.2, 0.25) is 0 Å². The Morgan fingerprint density at radius 1 is 1.67 bits per heavy atom. The molecule has 1 rings (SSSR count). The van der Waals surface area contributed by atoms with E-state index in [0.29, 0.717) is 10.9 Å². The molecule has 15 heavy (non-hydrogen) atoms. The van der Waals surface area contributed by atoms with Crippen molar-refractivity contribution in [3.63, 3.8) is 0 Å². The van der Waals surface area contributed by atoms with Crippen molar-refractivity contribution in [3.8, 4) is 0 Å². The average molecular weight is 228 g/mol. The zero-order valence-electron chi connectivity index (χ0n) is 8.57. The third-order valence-electron chi connectivity index (χ3n) is 1.52. The fraction of sp³-hybridized carbons (Fsp3) is 0.444. The Bertz CT molecular complexity index is 403. The first-order valence-electron chi connectivity index (χ1n) is 4.33. The predicted molar refractivity (Wildman–Crippen MR) is 57.2 cm³/mol. The van der Waals surface area contributed by atoms with Crippen molar-refractivity contribution < 1.29 is 9.53 Å². The highest BCUT2D eigenvalue weighted by Gasteiger charge is 2.04. The molecule has 0 fully saturated rings. The molecule has 0 aromatic carbocycles. The Morgan fingerprint density at radius 3 is 3.00 bits per heavy atom. The van der Waals surface area contributed by atoms with Crippen molar-refractivity contribution in [2.75, 3.05) is 19.5 Å². The van der Waals surface area contributed by atoms with Gasteiger partial charge in [0.15, 0.2) is 10.9 Å². The molecule has 6 heteroatoms. The Balaban J connectivity index is 2.58. The number of hydrogen-bond donors (Lipinski definition) is 1. The van der Waals surface area contributed by atoms with Crippen molar-refractivity contribution in [1.29, 1.82) is 0 Å². The van der Waals surface area contributed by atoms with Gasteiger partial charge in [-0.3, -0.25) is 9.59 Å². The summed E-state index contributed by atoms with van der Waals surface area (Å²) in [5.74, 6) is 0.215. The van der Waals surface area contributed by atoms with E-state index in [1.807, 2.05) is 0 Å². The molecular weight excluding hydrogens is 216 g/mol. The largest absolute Gasteiger partial charge is 0.377 e. The Kier molecular flexibility index (Phi) is 4.51. The van der Waals surface area contributed by atoms with E-state index >= 15 is 0 Å². The number of thioether (sulfide) groups is 1. The molecule has 1 heterocycles. The summed E-state index contributed by atoms with van der Waals surface area (Å²) >= 11 is 1.20. The number of nitrogens with zero attached hydrogens (tertiary/aromatic N) is 1. The Labute approximate surface area is 91.3 Å². The maximum absolute atomic E-state index is 11.1. The highest BCUT2D eigenvalue weighted by Crippen LogP contribution is 2.10. The van der Waals surface area contributed by atoms with Gasteiger partial charge in [0.1, 0.15) is 6.61 Å². The monoisotopic (exact) mass is 228 g/mol. The molecule has 0 unspecified atom stereocenters. The summed E-state index contributed by atoms with van der Waals surface area (Å²) in [5, 5.41) is 0.462. The van der Waals surface area contributed by atoms with Crippen LogP contribution in [-0.4, -0.2) is 35.2 Å². The molecule has 0 aliphatic carbocycles. The number of aryl methyl sites for hydroxylation is 1. The number of Topliss-reactive ketones (excluding diaryl/α,β-unsaturated/α-hetero) is 1. The van der Waals surface area contributed by atoms with Gasteiger partial charge in [-0.05, 0) is 6.92 Å². The van der Waals surface area contributed by atoms with Gasteiger partial charge in [-0.25, -0.2) is 4.98 Å². The first-order chi connectivity index (χ1) is 7.11. The number of methoxy groups -OCH3 is 1. The lowest BCUT2D eigenvalue weighted by Crippen LogP contribution is -2.12. The number of rotatable bonds is 5. The van der Waals surface area contributed by atoms with E-state index in [4.69, 9.17) is 0 Å². The van der Waals surface area contributed by atoms with E-state index in [1.54, 1.807) is 6.92 Å². The van der Waals surface area contributed by atoms with Crippen LogP contribution in [0.5, 0.6) is 0 Å². The molecule has 0 saturated carbocycles. The van der Waals surface area contributed by atoms with Gasteiger partial charge in [-0.2, -0.15) is 0 Å². The number of carbonyl (C=O) groups is 1. The Morgan fingerprint density at radius 2 is 2.40 bits per heavy atom. The second-order valence-corrected chi connectivity index (χ2v) is 3.92. The molecule has 0 bridgehead atoms. The third kappa shape index (κ3) is 4.26. The average Bonchev–Trinajstić information content (AvgIpc) is 2.14. The zero-order valence-corrected chi connectivity index (χ0v) is 9.39. The molecule has 0 aliphatic heterocycles. The standard InChI is InChI=1S/C9H12N2O3S/c1-6-3-8(13)11-9(10-6)15-5-7(12)4-14-2/h3H,4-5H2,1-2H3,(H,10,11,13). The number of hydrogen-bond acceptors (Lipinski definition) is 5. The topological polar surface area (TPSA) is 72.0 Å². The maximum atomic E-state index is 11.1. The smallest absolute Gasteiger partial charge is 0.251 e. The first kappa shape index (κ1) is 11.9. The molecular formula is C9H12N2O3S. The molecule has 0 atom stereocenters. The summed E-state index contributed by atoms with van der Waals surface area (Å²) < 4.78 is 4.68. The molecule has 5 nitrogen and oxygen atoms in total. The Hall–Kier alpha value is -1.14. The fourth-order valence-corrected chi connectivity index (χ4v) is 1.73. The van der Waals surface area contributed by atoms with Gasteiger partial charge in [0.25, 0.3) is 5.56 Å². The van der Waals surface area contributed by atoms with E-state index in [-0.39, 0.29) is 23.7 Å². The van der Waals surface area contributed by atoms with Gasteiger partial charge in [-0.15, -0.1) is 0 Å². The highest BCUT2D eigenvalue weighted by atomic mass is 32.2. The van der Waals surface area contributed by atoms with E-state index in [2.05, 4.69) is 14.7 Å². The normalized spacial score (nSPS) is 10.3. The second kappa shape index (κ2) is 5.67. The number of ketones is 1. The summed E-state index contributed by atoms with van der Waals surface area (Å²) in [5.41, 5.74) is 0.435. The molecule has 0 radical (unpaired) electrons. The van der Waals surface area contributed by atoms with Crippen LogP contribution < -0.4 is 5.56 Å². The van der Waals surface area contributed by atoms with Crippen molar-refractivity contribution in [1.82, 2.24) is 9.97 Å². The number of carbonyl (C=O) groups excluding carboxylic acids is 1. The minimum Gasteiger partial charge on any atom is -0.377 e. The predicted octanol–water partition coefficient (Wildman–Crippen LogP) is 0.386. The van der Waals surface area contributed by atoms with Crippen LogP contribution in [0.3, 0.4) is 0 Å². The zero-order chi connectivity index (χ0) is 11.3. The third-order valence-corrected chi connectivity index (χ3v) is 2.46. The molecule has 1 aromatic heterocycles. The van der Waals surface area contributed by atoms with Crippen molar-refractivity contribution >= 4 is 17.5 Å². The minimum absolute atomic E-state index is 0.0355. The van der Waals surface area contributed by atoms with E-state index in [1.165, 1.54) is 24.9 Å². The van der Waals surface area contributed by atoms with Gasteiger partial charge in [-0.1, -0.05) is 11.8 Å². The minimum atomic E-state index is -0.204. The number of nitrogens with one attached hydrogen (secondary N) is 1. The van der Waals surface area contributed by atoms with Crippen molar-refractivity contribution in [2.24, 2.45) is 0 Å². The van der Waals surface area contributed by atoms with Crippen LogP contribution in [0, 0.1) is 6.92 Å². The van der Waals surface area contributed by atoms with Crippen molar-refractivity contribution in [2.45, 2.75) is 12.1 Å². The molecule has 0 amide bonds. The van der Waals surface area contributed by atoms with Gasteiger partial charge >= 0.3 is 0 Å². The maximum Gasteiger partial charge on any atom is 0.251 e. The molecule has 0 saturated heterocycles. The van der Waals surface area contributed by atoms with Crippen LogP contribution in [-0.2, 0) is 9.53 Å². The number of aromatic amines is 1. The SMILES string of the molecule is COCC(=O)CSc1nc(C)cc(=O)[nH]1. The van der Waals surface area contributed by atoms with Crippen LogP contribution in [0.25, 0.3) is 0 Å². The summed E-state index contributed by atoms with van der Waals surface area (Å²) in [6, 6.07) is 1.40. The first-order valence-corrected chi connectivity index (χ1v) is 5.32. The van der Waals surface area contributed by atoms with Crippen LogP contribution in [0.15, 0.2) is 16.0 Å². The van der Waals surface area contributed by atoms with Gasteiger partial charge in [0.05, 0.1) is 5.75 Å². The van der Waals surface area contributed by atoms with E-state index < -0.39 is 0 Å². The van der Waals surface area contributed by atoms with Crippen LogP contribution in [0.4, 0.5) is 0 Å². The highest BCUT2D eigenvalue weighted by molar-refractivity contribution is 7.99. The summed E-state index contributed by atoms with van der Waals surface area (Å²) in [6.45, 7) is 1.82. The summed E-state index contributed by atoms with van der Waals surface area (Å²) in [6.07, 6.45) is 0. The lowest BCUT2D eigenvalue weighted by molar-refractivity contribution is -0.120. The lowest BCUT2D eigenvalue weighted by Gasteiger charge is -2.00. The molecule has 0 aliphatic rings.